The van der Waals surface area contributed by atoms with Crippen LogP contribution in [-0.2, 0) is 0 Å². The molecule has 28 heavy (non-hydrogen) atoms. The summed E-state index contributed by atoms with van der Waals surface area (Å²) >= 11 is 0. The molecule has 0 amide bonds. The second-order valence-electron chi connectivity index (χ2n) is 9.72. The van der Waals surface area contributed by atoms with Crippen LogP contribution in [0.2, 0.25) is 24.7 Å². The lowest BCUT2D eigenvalue weighted by Crippen LogP contribution is -2.29. The van der Waals surface area contributed by atoms with Gasteiger partial charge in [0.25, 0.3) is 0 Å². The molecule has 0 nitrogen and oxygen atoms in total. The van der Waals surface area contributed by atoms with Gasteiger partial charge in [-0.1, -0.05) is 153 Å². The maximum atomic E-state index is 2.76. The van der Waals surface area contributed by atoms with E-state index in [0.29, 0.717) is 0 Å². The Morgan fingerprint density at radius 2 is 0.857 bits per heavy atom. The second kappa shape index (κ2) is 21.7. The molecule has 1 heteroatoms. The molecule has 0 aliphatic rings. The van der Waals surface area contributed by atoms with Crippen molar-refractivity contribution in [1.82, 2.24) is 0 Å². The van der Waals surface area contributed by atoms with Crippen molar-refractivity contribution in [3.05, 3.63) is 12.2 Å². The summed E-state index contributed by atoms with van der Waals surface area (Å²) in [6.45, 7) is 9.55. The highest BCUT2D eigenvalue weighted by molar-refractivity contribution is 6.78. The van der Waals surface area contributed by atoms with Gasteiger partial charge in [0.15, 0.2) is 0 Å². The number of rotatable bonds is 22. The molecule has 0 radical (unpaired) electrons. The average molecular weight is 409 g/mol. The van der Waals surface area contributed by atoms with Gasteiger partial charge in [0.1, 0.15) is 0 Å². The highest BCUT2D eigenvalue weighted by Crippen LogP contribution is 2.29. The zero-order valence-electron chi connectivity index (χ0n) is 20.5. The van der Waals surface area contributed by atoms with Crippen LogP contribution in [0.3, 0.4) is 0 Å². The lowest BCUT2D eigenvalue weighted by Gasteiger charge is -2.28. The van der Waals surface area contributed by atoms with Crippen molar-refractivity contribution >= 4 is 8.07 Å². The monoisotopic (exact) mass is 408 g/mol. The number of hydrogen-bond acceptors (Lipinski definition) is 0. The van der Waals surface area contributed by atoms with E-state index in [4.69, 9.17) is 0 Å². The average Bonchev–Trinajstić information content (AvgIpc) is 2.69. The van der Waals surface area contributed by atoms with Gasteiger partial charge >= 0.3 is 0 Å². The Morgan fingerprint density at radius 1 is 0.500 bits per heavy atom. The van der Waals surface area contributed by atoms with E-state index in [2.05, 4.69) is 39.5 Å². The Kier molecular flexibility index (Phi) is 21.6. The van der Waals surface area contributed by atoms with Gasteiger partial charge in [-0.05, 0) is 19.8 Å². The van der Waals surface area contributed by atoms with E-state index >= 15 is 0 Å². The largest absolute Gasteiger partial charge is 0.0917 e. The van der Waals surface area contributed by atoms with Crippen LogP contribution in [-0.4, -0.2) is 8.07 Å². The third kappa shape index (κ3) is 19.3. The predicted molar refractivity (Wildman–Crippen MR) is 135 cm³/mol. The van der Waals surface area contributed by atoms with E-state index in [1.54, 1.807) is 18.1 Å². The molecule has 0 aromatic carbocycles. The smallest absolute Gasteiger partial charge is 0.0504 e. The Bertz CT molecular complexity index is 304. The Balaban J connectivity index is 4.04. The second-order valence-corrected chi connectivity index (χ2v) is 14.8. The minimum Gasteiger partial charge on any atom is -0.0917 e. The third-order valence-electron chi connectivity index (χ3n) is 6.65. The molecule has 0 atom stereocenters. The van der Waals surface area contributed by atoms with Crippen LogP contribution < -0.4 is 0 Å². The molecule has 0 spiro atoms. The lowest BCUT2D eigenvalue weighted by molar-refractivity contribution is 0.609. The standard InChI is InChI=1S/C27H56Si/c1-5-8-11-14-17-18-21-24-27-28(4,25-22-19-15-12-9-6-2)26-23-20-16-13-10-7-3/h5,8H,6-7,9-27H2,1-4H3. The first-order chi connectivity index (χ1) is 13.7. The van der Waals surface area contributed by atoms with E-state index in [-0.39, 0.29) is 0 Å². The summed E-state index contributed by atoms with van der Waals surface area (Å²) in [5, 5.41) is 0. The fourth-order valence-electron chi connectivity index (χ4n) is 4.55. The minimum atomic E-state index is -0.979. The topological polar surface area (TPSA) is 0 Å². The fraction of sp³-hybridized carbons (Fsp3) is 0.926. The molecule has 0 bridgehead atoms. The SMILES string of the molecule is CC=CCCCCCCC[Si](C)(CCCCCCCC)CCCCCCCC. The summed E-state index contributed by atoms with van der Waals surface area (Å²) in [5.74, 6) is 0. The van der Waals surface area contributed by atoms with Crippen molar-refractivity contribution in [2.75, 3.05) is 0 Å². The Hall–Kier alpha value is -0.0431. The number of unbranched alkanes of at least 4 members (excludes halogenated alkanes) is 15. The van der Waals surface area contributed by atoms with Gasteiger partial charge < -0.3 is 0 Å². The Labute approximate surface area is 181 Å². The Morgan fingerprint density at radius 3 is 1.25 bits per heavy atom. The quantitative estimate of drug-likeness (QED) is 0.0948. The molecule has 0 aromatic rings. The normalized spacial score (nSPS) is 12.3. The van der Waals surface area contributed by atoms with Crippen LogP contribution in [0.5, 0.6) is 0 Å². The summed E-state index contributed by atoms with van der Waals surface area (Å²) in [5.41, 5.74) is 0. The van der Waals surface area contributed by atoms with Gasteiger partial charge in [0.2, 0.25) is 0 Å². The van der Waals surface area contributed by atoms with Crippen molar-refractivity contribution < 1.29 is 0 Å². The van der Waals surface area contributed by atoms with Crippen molar-refractivity contribution in [1.29, 1.82) is 0 Å². The molecule has 0 fully saturated rings. The number of hydrogen-bond donors (Lipinski definition) is 0. The molecule has 0 saturated carbocycles. The summed E-state index contributed by atoms with van der Waals surface area (Å²) in [4.78, 5) is 0. The van der Waals surface area contributed by atoms with Crippen LogP contribution in [0.25, 0.3) is 0 Å². The van der Waals surface area contributed by atoms with Crippen molar-refractivity contribution in [2.24, 2.45) is 0 Å². The molecular weight excluding hydrogens is 352 g/mol. The number of allylic oxidation sites excluding steroid dienone is 2. The summed E-state index contributed by atoms with van der Waals surface area (Å²) in [7, 11) is -0.979. The molecule has 0 saturated heterocycles. The van der Waals surface area contributed by atoms with Gasteiger partial charge in [0, 0.05) is 0 Å². The first-order valence-corrected chi connectivity index (χ1v) is 16.4. The van der Waals surface area contributed by atoms with Crippen molar-refractivity contribution in [3.63, 3.8) is 0 Å². The fourth-order valence-corrected chi connectivity index (χ4v) is 8.61. The molecule has 0 rings (SSSR count). The summed E-state index contributed by atoms with van der Waals surface area (Å²) in [6, 6.07) is 4.86. The van der Waals surface area contributed by atoms with Gasteiger partial charge in [-0.2, -0.15) is 0 Å². The lowest BCUT2D eigenvalue weighted by atomic mass is 10.1. The molecular formula is C27H56Si. The molecule has 0 aliphatic heterocycles. The zero-order valence-corrected chi connectivity index (χ0v) is 21.5. The van der Waals surface area contributed by atoms with Crippen molar-refractivity contribution in [3.8, 4) is 0 Å². The van der Waals surface area contributed by atoms with Crippen LogP contribution in [0.1, 0.15) is 136 Å². The van der Waals surface area contributed by atoms with E-state index in [1.165, 1.54) is 116 Å². The highest BCUT2D eigenvalue weighted by Gasteiger charge is 2.25. The van der Waals surface area contributed by atoms with E-state index in [0.717, 1.165) is 0 Å². The molecule has 168 valence electrons. The molecule has 0 N–H and O–H groups in total. The molecule has 0 heterocycles. The molecule has 0 unspecified atom stereocenters. The minimum absolute atomic E-state index is 0.979. The predicted octanol–water partition coefficient (Wildman–Crippen LogP) is 10.7. The summed E-state index contributed by atoms with van der Waals surface area (Å²) < 4.78 is 0. The van der Waals surface area contributed by atoms with E-state index < -0.39 is 8.07 Å². The first-order valence-electron chi connectivity index (χ1n) is 13.3. The van der Waals surface area contributed by atoms with Gasteiger partial charge in [-0.3, -0.25) is 0 Å². The van der Waals surface area contributed by atoms with Crippen LogP contribution >= 0.6 is 0 Å². The maximum Gasteiger partial charge on any atom is 0.0504 e. The van der Waals surface area contributed by atoms with E-state index in [1.807, 2.05) is 0 Å². The van der Waals surface area contributed by atoms with Crippen molar-refractivity contribution in [2.45, 2.75) is 161 Å². The third-order valence-corrected chi connectivity index (χ3v) is 11.3. The van der Waals surface area contributed by atoms with Crippen LogP contribution in [0.4, 0.5) is 0 Å². The van der Waals surface area contributed by atoms with E-state index in [9.17, 15) is 0 Å². The maximum absolute atomic E-state index is 2.76. The highest BCUT2D eigenvalue weighted by atomic mass is 28.3. The molecule has 0 aromatic heterocycles. The zero-order chi connectivity index (χ0) is 20.8. The summed E-state index contributed by atoms with van der Waals surface area (Å²) in [6.07, 6.45) is 30.8. The first kappa shape index (κ1) is 28.0. The molecule has 0 aliphatic carbocycles. The van der Waals surface area contributed by atoms with Gasteiger partial charge in [-0.15, -0.1) is 0 Å². The van der Waals surface area contributed by atoms with Gasteiger partial charge in [0.05, 0.1) is 8.07 Å². The van der Waals surface area contributed by atoms with Crippen LogP contribution in [0, 0.1) is 0 Å². The van der Waals surface area contributed by atoms with Crippen LogP contribution in [0.15, 0.2) is 12.2 Å². The van der Waals surface area contributed by atoms with Gasteiger partial charge in [-0.25, -0.2) is 0 Å².